The number of aromatic amines is 1. The number of unbranched alkanes of at least 4 members (excludes halogenated alkanes) is 1. The molecule has 0 radical (unpaired) electrons. The van der Waals surface area contributed by atoms with Crippen molar-refractivity contribution < 1.29 is 19.4 Å². The minimum Gasteiger partial charge on any atom is -0.465 e. The molecule has 1 rings (SSSR count). The Morgan fingerprint density at radius 1 is 1.53 bits per heavy atom. The highest BCUT2D eigenvalue weighted by Crippen LogP contribution is 2.19. The van der Waals surface area contributed by atoms with Crippen LogP contribution in [-0.2, 0) is 11.2 Å². The van der Waals surface area contributed by atoms with Crippen molar-refractivity contribution in [3.63, 3.8) is 0 Å². The van der Waals surface area contributed by atoms with Crippen LogP contribution in [0.25, 0.3) is 0 Å². The molecule has 19 heavy (non-hydrogen) atoms. The van der Waals surface area contributed by atoms with Crippen molar-refractivity contribution in [2.24, 2.45) is 0 Å². The van der Waals surface area contributed by atoms with Crippen molar-refractivity contribution in [2.45, 2.75) is 26.2 Å². The largest absolute Gasteiger partial charge is 0.465 e. The van der Waals surface area contributed by atoms with Gasteiger partial charge in [-0.15, -0.1) is 0 Å². The summed E-state index contributed by atoms with van der Waals surface area (Å²) in [6, 6.07) is 0. The molecule has 0 saturated heterocycles. The number of H-pyrrole nitrogens is 1. The average molecular weight is 263 g/mol. The van der Waals surface area contributed by atoms with E-state index in [1.54, 1.807) is 0 Å². The van der Waals surface area contributed by atoms with Crippen LogP contribution in [0.2, 0.25) is 0 Å². The van der Waals surface area contributed by atoms with E-state index in [1.165, 1.54) is 7.11 Å². The fourth-order valence-electron chi connectivity index (χ4n) is 1.76. The van der Waals surface area contributed by atoms with Crippen LogP contribution >= 0.6 is 0 Å². The Hall–Kier alpha value is -2.06. The number of carbonyl (C=O) groups excluding carboxylic acids is 2. The second-order valence-electron chi connectivity index (χ2n) is 3.86. The van der Waals surface area contributed by atoms with E-state index in [2.05, 4.69) is 21.6 Å². The molecule has 1 heterocycles. The Labute approximate surface area is 112 Å². The maximum Gasteiger partial charge on any atom is 0.340 e. The molecular formula is C14H17NO4. The van der Waals surface area contributed by atoms with Crippen LogP contribution in [0.15, 0.2) is 0 Å². The van der Waals surface area contributed by atoms with E-state index < -0.39 is 5.97 Å². The molecule has 5 heteroatoms. The summed E-state index contributed by atoms with van der Waals surface area (Å²) in [6.07, 6.45) is 2.31. The minimum absolute atomic E-state index is 0.0903. The summed E-state index contributed by atoms with van der Waals surface area (Å²) in [4.78, 5) is 25.5. The number of aliphatic hydroxyl groups excluding tert-OH is 1. The highest BCUT2D eigenvalue weighted by Gasteiger charge is 2.21. The number of hydrogen-bond donors (Lipinski definition) is 2. The van der Waals surface area contributed by atoms with Crippen LogP contribution in [0.4, 0.5) is 0 Å². The van der Waals surface area contributed by atoms with Gasteiger partial charge in [0.2, 0.25) is 0 Å². The molecule has 102 valence electrons. The van der Waals surface area contributed by atoms with Crippen LogP contribution in [0, 0.1) is 11.8 Å². The summed E-state index contributed by atoms with van der Waals surface area (Å²) >= 11 is 0. The highest BCUT2D eigenvalue weighted by molar-refractivity contribution is 5.99. The van der Waals surface area contributed by atoms with Crippen LogP contribution in [0.3, 0.4) is 0 Å². The number of esters is 1. The van der Waals surface area contributed by atoms with E-state index in [0.29, 0.717) is 36.8 Å². The first kappa shape index (κ1) is 15.0. The third kappa shape index (κ3) is 3.46. The number of aromatic nitrogens is 1. The molecule has 0 spiro atoms. The minimum atomic E-state index is -0.543. The van der Waals surface area contributed by atoms with Gasteiger partial charge >= 0.3 is 5.97 Å². The van der Waals surface area contributed by atoms with Crippen molar-refractivity contribution in [2.75, 3.05) is 13.7 Å². The van der Waals surface area contributed by atoms with Crippen LogP contribution in [0.5, 0.6) is 0 Å². The van der Waals surface area contributed by atoms with Crippen molar-refractivity contribution in [3.05, 3.63) is 22.5 Å². The monoisotopic (exact) mass is 263 g/mol. The molecule has 0 amide bonds. The number of ether oxygens (including phenoxy) is 1. The van der Waals surface area contributed by atoms with Gasteiger partial charge < -0.3 is 14.8 Å². The lowest BCUT2D eigenvalue weighted by atomic mass is 10.1. The first-order valence-electron chi connectivity index (χ1n) is 6.07. The van der Waals surface area contributed by atoms with E-state index in [4.69, 9.17) is 5.11 Å². The Balaban J connectivity index is 3.18. The second kappa shape index (κ2) is 7.39. The zero-order chi connectivity index (χ0) is 14.3. The normalized spacial score (nSPS) is 9.63. The Morgan fingerprint density at radius 3 is 2.79 bits per heavy atom. The Morgan fingerprint density at radius 2 is 2.26 bits per heavy atom. The van der Waals surface area contributed by atoms with Gasteiger partial charge in [0.15, 0.2) is 6.29 Å². The molecule has 1 aromatic heterocycles. The molecule has 0 saturated carbocycles. The van der Waals surface area contributed by atoms with E-state index in [9.17, 15) is 9.59 Å². The highest BCUT2D eigenvalue weighted by atomic mass is 16.5. The maximum atomic E-state index is 11.7. The number of aliphatic hydroxyl groups is 1. The summed E-state index contributed by atoms with van der Waals surface area (Å²) in [5.41, 5.74) is 1.69. The molecule has 0 aliphatic rings. The number of carbonyl (C=O) groups is 2. The number of methoxy groups -OCH3 is 1. The van der Waals surface area contributed by atoms with Gasteiger partial charge in [-0.25, -0.2) is 4.79 Å². The predicted molar refractivity (Wildman–Crippen MR) is 70.1 cm³/mol. The summed E-state index contributed by atoms with van der Waals surface area (Å²) in [5, 5.41) is 8.67. The zero-order valence-corrected chi connectivity index (χ0v) is 11.1. The number of aldehydes is 1. The van der Waals surface area contributed by atoms with Crippen molar-refractivity contribution in [3.8, 4) is 11.8 Å². The molecule has 1 aromatic rings. The molecule has 2 N–H and O–H groups in total. The predicted octanol–water partition coefficient (Wildman–Crippen LogP) is 1.30. The van der Waals surface area contributed by atoms with Gasteiger partial charge in [-0.05, 0) is 18.8 Å². The van der Waals surface area contributed by atoms with Gasteiger partial charge in [-0.2, -0.15) is 0 Å². The third-order valence-corrected chi connectivity index (χ3v) is 2.67. The smallest absolute Gasteiger partial charge is 0.340 e. The number of rotatable bonds is 5. The van der Waals surface area contributed by atoms with Gasteiger partial charge in [0.05, 0.1) is 24.1 Å². The fraction of sp³-hybridized carbons (Fsp3) is 0.429. The quantitative estimate of drug-likeness (QED) is 0.363. The molecular weight excluding hydrogens is 246 g/mol. The van der Waals surface area contributed by atoms with E-state index in [1.807, 2.05) is 6.92 Å². The topological polar surface area (TPSA) is 79.4 Å². The molecule has 0 unspecified atom stereocenters. The van der Waals surface area contributed by atoms with Gasteiger partial charge in [0, 0.05) is 18.6 Å². The number of nitrogens with one attached hydrogen (secondary N) is 1. The molecule has 0 aliphatic carbocycles. The molecule has 0 aliphatic heterocycles. The van der Waals surface area contributed by atoms with Crippen molar-refractivity contribution in [1.29, 1.82) is 0 Å². The molecule has 5 nitrogen and oxygen atoms in total. The van der Waals surface area contributed by atoms with E-state index in [-0.39, 0.29) is 17.9 Å². The maximum absolute atomic E-state index is 11.7. The first-order chi connectivity index (χ1) is 9.19. The number of hydrogen-bond acceptors (Lipinski definition) is 4. The lowest BCUT2D eigenvalue weighted by Gasteiger charge is -2.00. The molecule has 0 fully saturated rings. The van der Waals surface area contributed by atoms with E-state index >= 15 is 0 Å². The Bertz CT molecular complexity index is 520. The molecule has 0 atom stereocenters. The van der Waals surface area contributed by atoms with Gasteiger partial charge in [-0.3, -0.25) is 4.79 Å². The third-order valence-electron chi connectivity index (χ3n) is 2.67. The molecule has 0 aromatic carbocycles. The second-order valence-corrected chi connectivity index (χ2v) is 3.86. The standard InChI is InChI=1S/C14H17NO4/c1-3-10-11(7-5-4-6-8-16)15-12(9-17)13(10)14(18)19-2/h9,15-16H,3-4,6,8H2,1-2H3. The summed E-state index contributed by atoms with van der Waals surface area (Å²) in [7, 11) is 1.27. The summed E-state index contributed by atoms with van der Waals surface area (Å²) in [6.45, 7) is 1.97. The fourth-order valence-corrected chi connectivity index (χ4v) is 1.76. The zero-order valence-electron chi connectivity index (χ0n) is 11.1. The van der Waals surface area contributed by atoms with Crippen molar-refractivity contribution in [1.82, 2.24) is 4.98 Å². The summed E-state index contributed by atoms with van der Waals surface area (Å²) < 4.78 is 4.68. The summed E-state index contributed by atoms with van der Waals surface area (Å²) in [5.74, 6) is 5.24. The Kier molecular flexibility index (Phi) is 5.83. The van der Waals surface area contributed by atoms with Gasteiger partial charge in [0.25, 0.3) is 0 Å². The average Bonchev–Trinajstić information content (AvgIpc) is 2.80. The van der Waals surface area contributed by atoms with Gasteiger partial charge in [-0.1, -0.05) is 12.8 Å². The lowest BCUT2D eigenvalue weighted by molar-refractivity contribution is 0.0597. The SMILES string of the molecule is CCc1c(C#CCCCO)[nH]c(C=O)c1C(=O)OC. The molecule has 0 bridgehead atoms. The van der Waals surface area contributed by atoms with Crippen molar-refractivity contribution >= 4 is 12.3 Å². The first-order valence-corrected chi connectivity index (χ1v) is 6.07. The van der Waals surface area contributed by atoms with Gasteiger partial charge in [0.1, 0.15) is 0 Å². The van der Waals surface area contributed by atoms with Crippen LogP contribution in [-0.4, -0.2) is 36.1 Å². The van der Waals surface area contributed by atoms with Crippen LogP contribution < -0.4 is 0 Å². The van der Waals surface area contributed by atoms with Crippen LogP contribution in [0.1, 0.15) is 51.9 Å². The lowest BCUT2D eigenvalue weighted by Crippen LogP contribution is -2.06. The van der Waals surface area contributed by atoms with E-state index in [0.717, 1.165) is 0 Å².